The van der Waals surface area contributed by atoms with Gasteiger partial charge in [-0.05, 0) is 55.5 Å². The Morgan fingerprint density at radius 2 is 1.75 bits per heavy atom. The first-order valence-electron chi connectivity index (χ1n) is 14.3. The molecule has 1 N–H and O–H groups in total. The van der Waals surface area contributed by atoms with Gasteiger partial charge in [-0.15, -0.1) is 0 Å². The lowest BCUT2D eigenvalue weighted by Gasteiger charge is -2.27. The molecule has 3 heterocycles. The van der Waals surface area contributed by atoms with Crippen LogP contribution in [0.1, 0.15) is 30.1 Å². The lowest BCUT2D eigenvalue weighted by atomic mass is 10.0. The van der Waals surface area contributed by atoms with Crippen LogP contribution >= 0.6 is 11.6 Å². The van der Waals surface area contributed by atoms with Crippen molar-refractivity contribution in [2.24, 2.45) is 5.92 Å². The molecule has 44 heavy (non-hydrogen) atoms. The number of Topliss-reactive ketones (excluding diaryl/α,β-unsaturated/α-hetero) is 1. The molecule has 1 aliphatic carbocycles. The minimum atomic E-state index is -0.728. The number of ketones is 1. The molecule has 1 saturated carbocycles. The zero-order chi connectivity index (χ0) is 30.5. The smallest absolute Gasteiger partial charge is 0.247 e. The molecule has 1 saturated heterocycles. The maximum absolute atomic E-state index is 15.6. The summed E-state index contributed by atoms with van der Waals surface area (Å²) in [7, 11) is 0. The van der Waals surface area contributed by atoms with Crippen molar-refractivity contribution in [1.29, 1.82) is 0 Å². The number of hydrogen-bond acceptors (Lipinski definition) is 5. The number of carbonyl (C=O) groups is 3. The van der Waals surface area contributed by atoms with Crippen LogP contribution in [0.4, 0.5) is 10.1 Å². The number of benzene rings is 3. The first-order chi connectivity index (χ1) is 21.3. The molecule has 0 radical (unpaired) electrons. The third-order valence-corrected chi connectivity index (χ3v) is 8.91. The number of fused-ring (bicyclic) bond motifs is 2. The second-order valence-electron chi connectivity index (χ2n) is 11.3. The predicted molar refractivity (Wildman–Crippen MR) is 166 cm³/mol. The maximum Gasteiger partial charge on any atom is 0.247 e. The Labute approximate surface area is 257 Å². The Kier molecular flexibility index (Phi) is 6.97. The molecule has 3 aromatic carbocycles. The first kappa shape index (κ1) is 27.9. The van der Waals surface area contributed by atoms with Crippen LogP contribution in [0.5, 0.6) is 0 Å². The van der Waals surface area contributed by atoms with Gasteiger partial charge in [0, 0.05) is 62.8 Å². The third kappa shape index (κ3) is 4.93. The summed E-state index contributed by atoms with van der Waals surface area (Å²) in [5.74, 6) is -1.14. The van der Waals surface area contributed by atoms with Gasteiger partial charge in [0.15, 0.2) is 11.6 Å². The van der Waals surface area contributed by atoms with E-state index < -0.39 is 17.8 Å². The van der Waals surface area contributed by atoms with Crippen molar-refractivity contribution in [3.05, 3.63) is 102 Å². The fourth-order valence-corrected chi connectivity index (χ4v) is 6.58. The normalized spacial score (nSPS) is 18.7. The predicted octanol–water partition coefficient (Wildman–Crippen LogP) is 6.39. The zero-order valence-electron chi connectivity index (χ0n) is 23.7. The minimum absolute atomic E-state index is 0.0301. The molecular formula is C34H27ClFN5O3. The molecule has 2 aromatic heterocycles. The monoisotopic (exact) mass is 607 g/mol. The van der Waals surface area contributed by atoms with Gasteiger partial charge in [-0.1, -0.05) is 48.0 Å². The fraction of sp³-hybridized carbons (Fsp3) is 0.206. The number of rotatable bonds is 7. The fourth-order valence-electron chi connectivity index (χ4n) is 6.35. The average Bonchev–Trinajstić information content (AvgIpc) is 3.53. The number of piperidine rings is 1. The molecule has 2 fully saturated rings. The summed E-state index contributed by atoms with van der Waals surface area (Å²) in [6, 6.07) is 16.6. The largest absolute Gasteiger partial charge is 0.337 e. The zero-order valence-corrected chi connectivity index (χ0v) is 24.5. The highest BCUT2D eigenvalue weighted by molar-refractivity contribution is 6.33. The van der Waals surface area contributed by atoms with E-state index in [1.807, 2.05) is 18.2 Å². The van der Waals surface area contributed by atoms with Crippen molar-refractivity contribution >= 4 is 45.8 Å². The van der Waals surface area contributed by atoms with Crippen molar-refractivity contribution in [2.75, 3.05) is 5.32 Å². The molecule has 0 bridgehead atoms. The van der Waals surface area contributed by atoms with Gasteiger partial charge in [-0.25, -0.2) is 14.4 Å². The number of likely N-dealkylation sites (tertiary alicyclic amines) is 1. The van der Waals surface area contributed by atoms with Crippen molar-refractivity contribution in [3.8, 4) is 22.3 Å². The van der Waals surface area contributed by atoms with Gasteiger partial charge in [0.2, 0.25) is 11.8 Å². The topological polar surface area (TPSA) is 97.2 Å². The van der Waals surface area contributed by atoms with Crippen LogP contribution in [0.15, 0.2) is 85.6 Å². The molecule has 2 aliphatic rings. The van der Waals surface area contributed by atoms with E-state index in [-0.39, 0.29) is 41.4 Å². The molecule has 1 aliphatic heterocycles. The van der Waals surface area contributed by atoms with E-state index in [1.165, 1.54) is 19.3 Å². The van der Waals surface area contributed by atoms with Gasteiger partial charge >= 0.3 is 0 Å². The van der Waals surface area contributed by atoms with Crippen LogP contribution in [0.3, 0.4) is 0 Å². The Bertz CT molecular complexity index is 1960. The van der Waals surface area contributed by atoms with E-state index in [1.54, 1.807) is 64.5 Å². The molecular weight excluding hydrogens is 581 g/mol. The number of amides is 2. The molecule has 8 nitrogen and oxygen atoms in total. The van der Waals surface area contributed by atoms with Crippen molar-refractivity contribution in [3.63, 3.8) is 0 Å². The summed E-state index contributed by atoms with van der Waals surface area (Å²) in [5, 5.41) is 3.85. The highest BCUT2D eigenvalue weighted by Crippen LogP contribution is 2.48. The Balaban J connectivity index is 1.14. The number of carbonyl (C=O) groups excluding carboxylic acids is 3. The van der Waals surface area contributed by atoms with Crippen LogP contribution in [0.25, 0.3) is 33.2 Å². The van der Waals surface area contributed by atoms with Crippen molar-refractivity contribution in [1.82, 2.24) is 19.4 Å². The van der Waals surface area contributed by atoms with Crippen LogP contribution in [0.2, 0.25) is 5.02 Å². The summed E-state index contributed by atoms with van der Waals surface area (Å²) >= 11 is 6.30. The van der Waals surface area contributed by atoms with Gasteiger partial charge in [0.1, 0.15) is 18.9 Å². The van der Waals surface area contributed by atoms with E-state index in [9.17, 15) is 14.4 Å². The highest BCUT2D eigenvalue weighted by atomic mass is 35.5. The van der Waals surface area contributed by atoms with Gasteiger partial charge in [0.05, 0.1) is 5.69 Å². The van der Waals surface area contributed by atoms with Gasteiger partial charge in [-0.3, -0.25) is 14.4 Å². The second-order valence-corrected chi connectivity index (χ2v) is 11.7. The highest BCUT2D eigenvalue weighted by Gasteiger charge is 2.56. The Morgan fingerprint density at radius 3 is 2.52 bits per heavy atom. The molecule has 5 aromatic rings. The van der Waals surface area contributed by atoms with Crippen LogP contribution in [0, 0.1) is 11.7 Å². The lowest BCUT2D eigenvalue weighted by Crippen LogP contribution is -2.46. The minimum Gasteiger partial charge on any atom is -0.337 e. The average molecular weight is 608 g/mol. The molecule has 7 rings (SSSR count). The van der Waals surface area contributed by atoms with E-state index in [4.69, 9.17) is 11.6 Å². The molecule has 3 atom stereocenters. The summed E-state index contributed by atoms with van der Waals surface area (Å²) < 4.78 is 17.3. The summed E-state index contributed by atoms with van der Waals surface area (Å²) in [6.07, 6.45) is 7.90. The Hall–Kier alpha value is -4.89. The van der Waals surface area contributed by atoms with Crippen molar-refractivity contribution < 1.29 is 18.8 Å². The van der Waals surface area contributed by atoms with Crippen molar-refractivity contribution in [2.45, 2.75) is 38.4 Å². The van der Waals surface area contributed by atoms with E-state index >= 15 is 4.39 Å². The Morgan fingerprint density at radius 1 is 0.977 bits per heavy atom. The first-order valence-corrected chi connectivity index (χ1v) is 14.7. The van der Waals surface area contributed by atoms with Crippen LogP contribution in [-0.4, -0.2) is 49.1 Å². The van der Waals surface area contributed by atoms with E-state index in [2.05, 4.69) is 15.3 Å². The van der Waals surface area contributed by atoms with Crippen LogP contribution in [-0.2, 0) is 16.1 Å². The molecule has 10 heteroatoms. The van der Waals surface area contributed by atoms with Crippen LogP contribution < -0.4 is 5.32 Å². The summed E-state index contributed by atoms with van der Waals surface area (Å²) in [5.41, 5.74) is 3.73. The SMILES string of the molecule is CC(=O)c1cn(CC(=O)N2C3C[C@@H]3C[C@H]2C(=O)Nc2cccc(-c3ccccc3Cl)c2F)c2ccc(-c3cncnc3)cc12. The van der Waals surface area contributed by atoms with Gasteiger partial charge in [0.25, 0.3) is 0 Å². The number of halogens is 2. The van der Waals surface area contributed by atoms with Gasteiger partial charge < -0.3 is 14.8 Å². The van der Waals surface area contributed by atoms with E-state index in [0.717, 1.165) is 28.5 Å². The molecule has 220 valence electrons. The number of anilines is 1. The lowest BCUT2D eigenvalue weighted by molar-refractivity contribution is -0.138. The number of nitrogens with one attached hydrogen (secondary N) is 1. The molecule has 0 spiro atoms. The quantitative estimate of drug-likeness (QED) is 0.216. The van der Waals surface area contributed by atoms with Gasteiger partial charge in [-0.2, -0.15) is 0 Å². The number of aromatic nitrogens is 3. The summed E-state index contributed by atoms with van der Waals surface area (Å²) in [6.45, 7) is 1.45. The standard InChI is InChI=1S/C34H27ClFN5O3/c1-19(42)26-16-40(29-10-9-20(11-25(26)29)22-14-37-18-38-15-22)17-32(43)41-30-12-21(30)13-31(41)34(44)39-28-8-4-6-24(33(28)36)23-5-2-3-7-27(23)35/h2-11,14-16,18,21,30-31H,12-13,17H2,1H3,(H,39,44)/t21-,30?,31+/m1/s1. The maximum atomic E-state index is 15.6. The second kappa shape index (κ2) is 11.0. The summed E-state index contributed by atoms with van der Waals surface area (Å²) in [4.78, 5) is 49.7. The number of hydrogen-bond donors (Lipinski definition) is 1. The number of nitrogens with zero attached hydrogens (tertiary/aromatic N) is 4. The molecule has 1 unspecified atom stereocenters. The molecule has 2 amide bonds. The van der Waals surface area contributed by atoms with E-state index in [0.29, 0.717) is 22.6 Å². The third-order valence-electron chi connectivity index (χ3n) is 8.58.